The molecule has 2 N–H and O–H groups in total. The molecule has 2 heterocycles. The molecule has 1 aliphatic rings. The quantitative estimate of drug-likeness (QED) is 0.720. The van der Waals surface area contributed by atoms with Gasteiger partial charge in [-0.05, 0) is 45.8 Å². The van der Waals surface area contributed by atoms with E-state index in [0.29, 0.717) is 41.8 Å². The summed E-state index contributed by atoms with van der Waals surface area (Å²) in [5.74, 6) is 1.44. The minimum atomic E-state index is -4.37. The molecule has 0 bridgehead atoms. The first-order chi connectivity index (χ1) is 13.0. The molecule has 0 amide bonds. The van der Waals surface area contributed by atoms with Crippen molar-refractivity contribution in [3.63, 3.8) is 0 Å². The van der Waals surface area contributed by atoms with Crippen LogP contribution in [0.15, 0.2) is 47.5 Å². The number of aromatic nitrogens is 4. The lowest BCUT2D eigenvalue weighted by Crippen LogP contribution is -2.15. The van der Waals surface area contributed by atoms with E-state index < -0.39 is 11.7 Å². The standard InChI is InChI=1S/C17H13F3N6O/c18-17(19,20)12-4-1-10(2-5-12)11-3-6-14-13(9-11)15(21-7-8-27-14)22-16-23-25-26-24-16/h1-6,9H,7-8H2,(H2,21,22,23,24,25,26). The van der Waals surface area contributed by atoms with E-state index in [0.717, 1.165) is 17.7 Å². The average Bonchev–Trinajstić information content (AvgIpc) is 3.09. The molecular formula is C17H13F3N6O. The molecule has 138 valence electrons. The van der Waals surface area contributed by atoms with Crippen molar-refractivity contribution < 1.29 is 17.9 Å². The van der Waals surface area contributed by atoms with Gasteiger partial charge in [-0.2, -0.15) is 13.2 Å². The second-order valence-electron chi connectivity index (χ2n) is 5.74. The molecule has 4 rings (SSSR count). The molecule has 0 spiro atoms. The Morgan fingerprint density at radius 1 is 1.04 bits per heavy atom. The Kier molecular flexibility index (Phi) is 4.22. The number of H-pyrrole nitrogens is 1. The number of ether oxygens (including phenoxy) is 1. The average molecular weight is 374 g/mol. The molecule has 0 radical (unpaired) electrons. The molecule has 0 atom stereocenters. The number of nitrogens with one attached hydrogen (secondary N) is 2. The fraction of sp³-hybridized carbons (Fsp3) is 0.176. The molecule has 0 fully saturated rings. The Hall–Kier alpha value is -3.43. The minimum absolute atomic E-state index is 0.321. The first kappa shape index (κ1) is 17.0. The van der Waals surface area contributed by atoms with Crippen LogP contribution < -0.4 is 10.1 Å². The molecule has 27 heavy (non-hydrogen) atoms. The first-order valence-electron chi connectivity index (χ1n) is 8.01. The van der Waals surface area contributed by atoms with Gasteiger partial charge in [0.1, 0.15) is 18.2 Å². The molecule has 2 aromatic carbocycles. The molecule has 10 heteroatoms. The number of halogens is 3. The van der Waals surface area contributed by atoms with Gasteiger partial charge in [0.15, 0.2) is 0 Å². The largest absolute Gasteiger partial charge is 0.491 e. The number of alkyl halides is 3. The molecule has 1 aromatic heterocycles. The van der Waals surface area contributed by atoms with Gasteiger partial charge in [0.05, 0.1) is 17.7 Å². The van der Waals surface area contributed by atoms with Crippen LogP contribution in [0.2, 0.25) is 0 Å². The van der Waals surface area contributed by atoms with Gasteiger partial charge >= 0.3 is 6.18 Å². The Labute approximate surface area is 151 Å². The zero-order valence-corrected chi connectivity index (χ0v) is 13.8. The number of aliphatic imine (C=N–C) groups is 1. The molecule has 3 aromatic rings. The summed E-state index contributed by atoms with van der Waals surface area (Å²) in [5.41, 5.74) is 1.36. The number of aromatic amines is 1. The molecule has 0 aliphatic carbocycles. The van der Waals surface area contributed by atoms with Crippen molar-refractivity contribution in [3.8, 4) is 16.9 Å². The van der Waals surface area contributed by atoms with Crippen LogP contribution in [0.1, 0.15) is 11.1 Å². The number of hydrogen-bond acceptors (Lipinski definition) is 6. The first-order valence-corrected chi connectivity index (χ1v) is 8.01. The lowest BCUT2D eigenvalue weighted by Gasteiger charge is -2.13. The van der Waals surface area contributed by atoms with E-state index in [2.05, 4.69) is 30.9 Å². The highest BCUT2D eigenvalue weighted by atomic mass is 19.4. The summed E-state index contributed by atoms with van der Waals surface area (Å²) in [5, 5.41) is 16.4. The van der Waals surface area contributed by atoms with Gasteiger partial charge in [-0.3, -0.25) is 4.99 Å². The van der Waals surface area contributed by atoms with Gasteiger partial charge in [-0.25, -0.2) is 5.10 Å². The van der Waals surface area contributed by atoms with E-state index >= 15 is 0 Å². The second kappa shape index (κ2) is 6.71. The van der Waals surface area contributed by atoms with Gasteiger partial charge in [0.2, 0.25) is 5.95 Å². The van der Waals surface area contributed by atoms with Crippen LogP contribution in [-0.4, -0.2) is 39.6 Å². The zero-order valence-electron chi connectivity index (χ0n) is 13.8. The third kappa shape index (κ3) is 3.59. The van der Waals surface area contributed by atoms with Crippen LogP contribution in [0.3, 0.4) is 0 Å². The Balaban J connectivity index is 1.70. The number of anilines is 1. The molecule has 0 unspecified atom stereocenters. The van der Waals surface area contributed by atoms with Crippen molar-refractivity contribution in [3.05, 3.63) is 53.6 Å². The third-order valence-corrected chi connectivity index (χ3v) is 3.98. The lowest BCUT2D eigenvalue weighted by atomic mass is 10.0. The SMILES string of the molecule is FC(F)(F)c1ccc(-c2ccc3c(c2)C(Nc2nnn[nH]2)=NCCO3)cc1. The van der Waals surface area contributed by atoms with Crippen LogP contribution >= 0.6 is 0 Å². The second-order valence-corrected chi connectivity index (χ2v) is 5.74. The van der Waals surface area contributed by atoms with E-state index in [1.165, 1.54) is 12.1 Å². The number of tetrazole rings is 1. The summed E-state index contributed by atoms with van der Waals surface area (Å²) < 4.78 is 44.0. The highest BCUT2D eigenvalue weighted by Gasteiger charge is 2.30. The van der Waals surface area contributed by atoms with Gasteiger partial charge in [-0.1, -0.05) is 23.3 Å². The van der Waals surface area contributed by atoms with Gasteiger partial charge in [-0.15, -0.1) is 0 Å². The fourth-order valence-corrected chi connectivity index (χ4v) is 2.70. The predicted octanol–water partition coefficient (Wildman–Crippen LogP) is 3.14. The number of rotatable bonds is 2. The number of amidine groups is 1. The van der Waals surface area contributed by atoms with Gasteiger partial charge in [0, 0.05) is 0 Å². The molecular weight excluding hydrogens is 361 g/mol. The normalized spacial score (nSPS) is 14.0. The summed E-state index contributed by atoms with van der Waals surface area (Å²) in [6.07, 6.45) is -4.37. The van der Waals surface area contributed by atoms with Crippen LogP contribution in [-0.2, 0) is 6.18 Å². The van der Waals surface area contributed by atoms with Crippen molar-refractivity contribution in [1.82, 2.24) is 20.6 Å². The van der Waals surface area contributed by atoms with E-state index in [9.17, 15) is 13.2 Å². The summed E-state index contributed by atoms with van der Waals surface area (Å²) in [4.78, 5) is 4.44. The fourth-order valence-electron chi connectivity index (χ4n) is 2.70. The summed E-state index contributed by atoms with van der Waals surface area (Å²) >= 11 is 0. The highest BCUT2D eigenvalue weighted by Crippen LogP contribution is 2.32. The summed E-state index contributed by atoms with van der Waals surface area (Å²) in [6.45, 7) is 0.848. The number of fused-ring (bicyclic) bond motifs is 1. The smallest absolute Gasteiger partial charge is 0.416 e. The minimum Gasteiger partial charge on any atom is -0.491 e. The van der Waals surface area contributed by atoms with Crippen LogP contribution in [0, 0.1) is 0 Å². The molecule has 7 nitrogen and oxygen atoms in total. The zero-order chi connectivity index (χ0) is 18.9. The Morgan fingerprint density at radius 2 is 1.81 bits per heavy atom. The van der Waals surface area contributed by atoms with Crippen molar-refractivity contribution in [2.24, 2.45) is 4.99 Å². The maximum absolute atomic E-state index is 12.8. The Morgan fingerprint density at radius 3 is 2.52 bits per heavy atom. The number of nitrogens with zero attached hydrogens (tertiary/aromatic N) is 4. The van der Waals surface area contributed by atoms with Crippen LogP contribution in [0.4, 0.5) is 19.1 Å². The maximum Gasteiger partial charge on any atom is 0.416 e. The van der Waals surface area contributed by atoms with Gasteiger partial charge in [0.25, 0.3) is 0 Å². The van der Waals surface area contributed by atoms with E-state index in [4.69, 9.17) is 4.74 Å². The molecule has 0 saturated carbocycles. The van der Waals surface area contributed by atoms with E-state index in [-0.39, 0.29) is 0 Å². The lowest BCUT2D eigenvalue weighted by molar-refractivity contribution is -0.137. The van der Waals surface area contributed by atoms with Crippen LogP contribution in [0.25, 0.3) is 11.1 Å². The highest BCUT2D eigenvalue weighted by molar-refractivity contribution is 6.10. The summed E-state index contributed by atoms with van der Waals surface area (Å²) in [6, 6.07) is 10.4. The van der Waals surface area contributed by atoms with Crippen molar-refractivity contribution in [1.29, 1.82) is 0 Å². The Bertz CT molecular complexity index is 967. The monoisotopic (exact) mass is 374 g/mol. The van der Waals surface area contributed by atoms with Crippen LogP contribution in [0.5, 0.6) is 5.75 Å². The van der Waals surface area contributed by atoms with E-state index in [1.807, 2.05) is 0 Å². The number of benzene rings is 2. The summed E-state index contributed by atoms with van der Waals surface area (Å²) in [7, 11) is 0. The topological polar surface area (TPSA) is 88.1 Å². The maximum atomic E-state index is 12.8. The van der Waals surface area contributed by atoms with Crippen molar-refractivity contribution >= 4 is 11.8 Å². The number of hydrogen-bond donors (Lipinski definition) is 2. The van der Waals surface area contributed by atoms with Crippen molar-refractivity contribution in [2.45, 2.75) is 6.18 Å². The van der Waals surface area contributed by atoms with E-state index in [1.54, 1.807) is 18.2 Å². The predicted molar refractivity (Wildman–Crippen MR) is 91.6 cm³/mol. The molecule has 1 aliphatic heterocycles. The van der Waals surface area contributed by atoms with Crippen molar-refractivity contribution in [2.75, 3.05) is 18.5 Å². The third-order valence-electron chi connectivity index (χ3n) is 3.98. The van der Waals surface area contributed by atoms with Gasteiger partial charge < -0.3 is 10.1 Å². The molecule has 0 saturated heterocycles.